The summed E-state index contributed by atoms with van der Waals surface area (Å²) in [5, 5.41) is 70.0. The number of aliphatic carboxylic acids is 2. The summed E-state index contributed by atoms with van der Waals surface area (Å²) in [5.41, 5.74) is 7.42. The molecule has 0 aliphatic carbocycles. The first-order valence-electron chi connectivity index (χ1n) is 13.5. The quantitative estimate of drug-likeness (QED) is 0.0670. The number of phenolic OH excluding ortho intramolecular Hbond substituents is 4. The zero-order valence-electron chi connectivity index (χ0n) is 25.6. The third-order valence-electron chi connectivity index (χ3n) is 6.91. The van der Waals surface area contributed by atoms with Crippen molar-refractivity contribution in [2.75, 3.05) is 26.2 Å². The van der Waals surface area contributed by atoms with Crippen LogP contribution in [0.2, 0.25) is 0 Å². The molecule has 0 heterocycles. The first kappa shape index (κ1) is 40.9. The van der Waals surface area contributed by atoms with Crippen LogP contribution in [0, 0.1) is 0 Å². The minimum Gasteiger partial charge on any atom is -0.547 e. The van der Waals surface area contributed by atoms with E-state index in [-0.39, 0.29) is 131 Å². The standard InChI is InChI=1S/2C16H18N2O4.2Na/c2*17-9-10-18-16(15(21)22,11-5-1-3-7-13(11)19)12-6-2-4-8-14(12)20;;/h2*1-8,18-20H,9-10,17H2,(H,21,22);;/q;;2*+1/p-2. The molecule has 0 amide bonds. The molecule has 46 heavy (non-hydrogen) atoms. The van der Waals surface area contributed by atoms with Crippen molar-refractivity contribution >= 4 is 11.9 Å². The molecule has 0 radical (unpaired) electrons. The SMILES string of the molecule is NCCNC(C(=O)[O-])(c1ccccc1O)c1ccccc1O.NCCNC(C(=O)[O-])(c1ccccc1O)c1ccccc1O.[Na+].[Na+]. The molecule has 0 fully saturated rings. The van der Waals surface area contributed by atoms with Gasteiger partial charge in [0.15, 0.2) is 0 Å². The molecule has 10 N–H and O–H groups in total. The molecule has 12 nitrogen and oxygen atoms in total. The van der Waals surface area contributed by atoms with Gasteiger partial charge in [-0.15, -0.1) is 0 Å². The van der Waals surface area contributed by atoms with Gasteiger partial charge < -0.3 is 51.7 Å². The van der Waals surface area contributed by atoms with Crippen LogP contribution in [0.25, 0.3) is 0 Å². The Morgan fingerprint density at radius 2 is 0.739 bits per heavy atom. The Morgan fingerprint density at radius 3 is 0.913 bits per heavy atom. The Labute approximate surface area is 310 Å². The molecule has 0 aliphatic rings. The van der Waals surface area contributed by atoms with Gasteiger partial charge in [-0.05, 0) is 24.3 Å². The Bertz CT molecular complexity index is 1380. The molecule has 232 valence electrons. The number of benzene rings is 4. The number of hydrogen-bond acceptors (Lipinski definition) is 12. The van der Waals surface area contributed by atoms with Crippen LogP contribution in [0.5, 0.6) is 23.0 Å². The van der Waals surface area contributed by atoms with Crippen molar-refractivity contribution in [3.8, 4) is 23.0 Å². The number of rotatable bonds is 12. The van der Waals surface area contributed by atoms with E-state index in [0.29, 0.717) is 0 Å². The number of phenols is 4. The van der Waals surface area contributed by atoms with Crippen LogP contribution in [0.1, 0.15) is 22.3 Å². The summed E-state index contributed by atoms with van der Waals surface area (Å²) in [6.07, 6.45) is 0. The van der Waals surface area contributed by atoms with Gasteiger partial charge in [0.25, 0.3) is 0 Å². The van der Waals surface area contributed by atoms with Crippen LogP contribution in [0.15, 0.2) is 97.1 Å². The van der Waals surface area contributed by atoms with Crippen molar-refractivity contribution in [2.45, 2.75) is 11.1 Å². The number of nitrogens with one attached hydrogen (secondary N) is 2. The summed E-state index contributed by atoms with van der Waals surface area (Å²) >= 11 is 0. The molecule has 14 heteroatoms. The number of para-hydroxylation sites is 4. The molecule has 0 saturated heterocycles. The predicted octanol–water partition coefficient (Wildman–Crippen LogP) is -6.71. The molecule has 0 aromatic heterocycles. The third kappa shape index (κ3) is 8.60. The van der Waals surface area contributed by atoms with Crippen LogP contribution in [-0.2, 0) is 20.7 Å². The van der Waals surface area contributed by atoms with E-state index in [9.17, 15) is 40.2 Å². The normalized spacial score (nSPS) is 10.8. The molecule has 0 aliphatic heterocycles. The fourth-order valence-electron chi connectivity index (χ4n) is 4.94. The molecular formula is C32H34N4Na2O8. The smallest absolute Gasteiger partial charge is 0.547 e. The fraction of sp³-hybridized carbons (Fsp3) is 0.188. The maximum atomic E-state index is 12.0. The van der Waals surface area contributed by atoms with Gasteiger partial charge in [0.05, 0.1) is 11.9 Å². The summed E-state index contributed by atoms with van der Waals surface area (Å²) in [7, 11) is 0. The largest absolute Gasteiger partial charge is 1.00 e. The van der Waals surface area contributed by atoms with Crippen LogP contribution in [0.3, 0.4) is 0 Å². The summed E-state index contributed by atoms with van der Waals surface area (Å²) in [4.78, 5) is 24.0. The topological polar surface area (TPSA) is 237 Å². The molecule has 0 spiro atoms. The van der Waals surface area contributed by atoms with Crippen LogP contribution in [-0.4, -0.2) is 58.5 Å². The van der Waals surface area contributed by atoms with Gasteiger partial charge >= 0.3 is 59.1 Å². The zero-order chi connectivity index (χ0) is 32.3. The van der Waals surface area contributed by atoms with Crippen molar-refractivity contribution in [1.82, 2.24) is 10.6 Å². The summed E-state index contributed by atoms with van der Waals surface area (Å²) in [6.45, 7) is 0.653. The monoisotopic (exact) mass is 648 g/mol. The van der Waals surface area contributed by atoms with Crippen molar-refractivity contribution in [1.29, 1.82) is 0 Å². The van der Waals surface area contributed by atoms with Crippen molar-refractivity contribution in [3.05, 3.63) is 119 Å². The number of carbonyl (C=O) groups is 2. The van der Waals surface area contributed by atoms with Gasteiger partial charge in [-0.2, -0.15) is 0 Å². The second-order valence-electron chi connectivity index (χ2n) is 9.57. The maximum Gasteiger partial charge on any atom is 1.00 e. The van der Waals surface area contributed by atoms with Crippen molar-refractivity contribution in [2.24, 2.45) is 11.5 Å². The Balaban J connectivity index is 0.000000441. The summed E-state index contributed by atoms with van der Waals surface area (Å²) < 4.78 is 0. The minimum atomic E-state index is -1.91. The van der Waals surface area contributed by atoms with Crippen LogP contribution in [0.4, 0.5) is 0 Å². The summed E-state index contributed by atoms with van der Waals surface area (Å²) in [5.74, 6) is -3.88. The van der Waals surface area contributed by atoms with E-state index in [1.54, 1.807) is 48.5 Å². The molecule has 0 bridgehead atoms. The number of carboxylic acid groups (broad SMARTS) is 2. The fourth-order valence-corrected chi connectivity index (χ4v) is 4.94. The van der Waals surface area contributed by atoms with E-state index in [1.807, 2.05) is 0 Å². The van der Waals surface area contributed by atoms with E-state index in [2.05, 4.69) is 10.6 Å². The number of carboxylic acids is 2. The average Bonchev–Trinajstić information content (AvgIpc) is 3.01. The van der Waals surface area contributed by atoms with Gasteiger partial charge in [-0.1, -0.05) is 72.8 Å². The molecule has 0 saturated carbocycles. The molecule has 4 aromatic rings. The Hall–Kier alpha value is -3.14. The van der Waals surface area contributed by atoms with Gasteiger partial charge in [0, 0.05) is 48.4 Å². The zero-order valence-corrected chi connectivity index (χ0v) is 29.6. The number of aromatic hydroxyl groups is 4. The van der Waals surface area contributed by atoms with Gasteiger partial charge in [-0.25, -0.2) is 0 Å². The molecule has 0 atom stereocenters. The Morgan fingerprint density at radius 1 is 0.522 bits per heavy atom. The first-order chi connectivity index (χ1) is 21.1. The average molecular weight is 649 g/mol. The van der Waals surface area contributed by atoms with E-state index in [4.69, 9.17) is 11.5 Å². The number of carbonyl (C=O) groups excluding carboxylic acids is 2. The predicted molar refractivity (Wildman–Crippen MR) is 158 cm³/mol. The van der Waals surface area contributed by atoms with Gasteiger partial charge in [0.1, 0.15) is 34.1 Å². The Kier molecular flexibility index (Phi) is 16.8. The van der Waals surface area contributed by atoms with Gasteiger partial charge in [-0.3, -0.25) is 10.6 Å². The molecule has 4 rings (SSSR count). The first-order valence-corrected chi connectivity index (χ1v) is 13.5. The number of nitrogens with two attached hydrogens (primary N) is 2. The van der Waals surface area contributed by atoms with Crippen molar-refractivity contribution in [3.63, 3.8) is 0 Å². The summed E-state index contributed by atoms with van der Waals surface area (Å²) in [6, 6.07) is 24.0. The van der Waals surface area contributed by atoms with E-state index in [1.165, 1.54) is 48.5 Å². The minimum absolute atomic E-state index is 0. The van der Waals surface area contributed by atoms with Gasteiger partial charge in [0.2, 0.25) is 0 Å². The van der Waals surface area contributed by atoms with E-state index < -0.39 is 23.0 Å². The number of hydrogen-bond donors (Lipinski definition) is 8. The van der Waals surface area contributed by atoms with Crippen LogP contribution < -0.4 is 91.4 Å². The van der Waals surface area contributed by atoms with Crippen LogP contribution >= 0.6 is 0 Å². The second-order valence-corrected chi connectivity index (χ2v) is 9.57. The third-order valence-corrected chi connectivity index (χ3v) is 6.91. The van der Waals surface area contributed by atoms with Crippen molar-refractivity contribution < 1.29 is 99.3 Å². The van der Waals surface area contributed by atoms with E-state index >= 15 is 0 Å². The molecule has 4 aromatic carbocycles. The molecular weight excluding hydrogens is 614 g/mol. The molecule has 0 unspecified atom stereocenters. The second kappa shape index (κ2) is 18.9. The van der Waals surface area contributed by atoms with E-state index in [0.717, 1.165) is 0 Å². The maximum absolute atomic E-state index is 12.0.